The minimum atomic E-state index is -1.07. The van der Waals surface area contributed by atoms with Crippen molar-refractivity contribution in [3.8, 4) is 11.5 Å². The lowest BCUT2D eigenvalue weighted by Crippen LogP contribution is -2.35. The number of aliphatic carboxylic acids is 1. The summed E-state index contributed by atoms with van der Waals surface area (Å²) < 4.78 is 10.5. The molecule has 0 aliphatic heterocycles. The first kappa shape index (κ1) is 19.3. The van der Waals surface area contributed by atoms with E-state index in [2.05, 4.69) is 0 Å². The van der Waals surface area contributed by atoms with E-state index >= 15 is 0 Å². The molecule has 1 N–H and O–H groups in total. The van der Waals surface area contributed by atoms with Crippen LogP contribution in [0.25, 0.3) is 0 Å². The van der Waals surface area contributed by atoms with Crippen molar-refractivity contribution >= 4 is 11.9 Å². The minimum Gasteiger partial charge on any atom is -0.497 e. The van der Waals surface area contributed by atoms with Gasteiger partial charge in [-0.15, -0.1) is 0 Å². The maximum absolute atomic E-state index is 12.9. The largest absolute Gasteiger partial charge is 0.497 e. The third-order valence-electron chi connectivity index (χ3n) is 4.15. The molecule has 0 saturated carbocycles. The van der Waals surface area contributed by atoms with Gasteiger partial charge in [-0.25, -0.2) is 0 Å². The van der Waals surface area contributed by atoms with Crippen LogP contribution >= 0.6 is 0 Å². The quantitative estimate of drug-likeness (QED) is 0.824. The molecule has 0 saturated heterocycles. The van der Waals surface area contributed by atoms with Gasteiger partial charge in [0.2, 0.25) is 0 Å². The van der Waals surface area contributed by atoms with Gasteiger partial charge in [-0.2, -0.15) is 0 Å². The van der Waals surface area contributed by atoms with Crippen LogP contribution in [0.1, 0.15) is 27.0 Å². The van der Waals surface area contributed by atoms with Crippen LogP contribution in [0.15, 0.2) is 36.4 Å². The Morgan fingerprint density at radius 1 is 0.962 bits per heavy atom. The number of carboxylic acids is 1. The van der Waals surface area contributed by atoms with Crippen molar-refractivity contribution in [2.24, 2.45) is 0 Å². The third kappa shape index (κ3) is 4.75. The molecule has 0 aliphatic rings. The second-order valence-corrected chi connectivity index (χ2v) is 6.07. The lowest BCUT2D eigenvalue weighted by atomic mass is 10.1. The van der Waals surface area contributed by atoms with Crippen molar-refractivity contribution in [3.63, 3.8) is 0 Å². The summed E-state index contributed by atoms with van der Waals surface area (Å²) in [4.78, 5) is 25.4. The van der Waals surface area contributed by atoms with Crippen LogP contribution in [0.3, 0.4) is 0 Å². The van der Waals surface area contributed by atoms with Gasteiger partial charge in [-0.1, -0.05) is 6.07 Å². The Kier molecular flexibility index (Phi) is 6.22. The van der Waals surface area contributed by atoms with Crippen molar-refractivity contribution in [3.05, 3.63) is 58.7 Å². The molecule has 0 heterocycles. The van der Waals surface area contributed by atoms with Crippen LogP contribution in [0.2, 0.25) is 0 Å². The molecule has 0 bridgehead atoms. The molecule has 0 fully saturated rings. The van der Waals surface area contributed by atoms with E-state index in [1.54, 1.807) is 30.3 Å². The number of carboxylic acid groups (broad SMARTS) is 1. The smallest absolute Gasteiger partial charge is 0.323 e. The van der Waals surface area contributed by atoms with Crippen LogP contribution in [0, 0.1) is 13.8 Å². The summed E-state index contributed by atoms with van der Waals surface area (Å²) in [7, 11) is 3.07. The SMILES string of the molecule is COc1cc(CN(CC(=O)O)C(=O)c2ccc(C)c(C)c2)cc(OC)c1. The third-order valence-corrected chi connectivity index (χ3v) is 4.15. The summed E-state index contributed by atoms with van der Waals surface area (Å²) in [5.74, 6) is -0.254. The first-order valence-corrected chi connectivity index (χ1v) is 8.14. The molecule has 0 atom stereocenters. The number of aryl methyl sites for hydroxylation is 2. The number of methoxy groups -OCH3 is 2. The molecular formula is C20H23NO5. The average Bonchev–Trinajstić information content (AvgIpc) is 2.62. The molecule has 26 heavy (non-hydrogen) atoms. The summed E-state index contributed by atoms with van der Waals surface area (Å²) in [6.07, 6.45) is 0. The highest BCUT2D eigenvalue weighted by Gasteiger charge is 2.20. The molecule has 6 nitrogen and oxygen atoms in total. The fourth-order valence-electron chi connectivity index (χ4n) is 2.60. The molecule has 0 spiro atoms. The molecule has 1 amide bonds. The highest BCUT2D eigenvalue weighted by atomic mass is 16.5. The molecule has 0 unspecified atom stereocenters. The van der Waals surface area contributed by atoms with Gasteiger partial charge < -0.3 is 19.5 Å². The van der Waals surface area contributed by atoms with Gasteiger partial charge in [0, 0.05) is 18.2 Å². The van der Waals surface area contributed by atoms with Gasteiger partial charge >= 0.3 is 5.97 Å². The predicted octanol–water partition coefficient (Wildman–Crippen LogP) is 3.05. The summed E-state index contributed by atoms with van der Waals surface area (Å²) in [5.41, 5.74) is 3.24. The van der Waals surface area contributed by atoms with E-state index < -0.39 is 12.5 Å². The van der Waals surface area contributed by atoms with Crippen molar-refractivity contribution in [2.75, 3.05) is 20.8 Å². The van der Waals surface area contributed by atoms with E-state index in [9.17, 15) is 14.7 Å². The van der Waals surface area contributed by atoms with Crippen LogP contribution < -0.4 is 9.47 Å². The summed E-state index contributed by atoms with van der Waals surface area (Å²) in [5, 5.41) is 9.21. The maximum atomic E-state index is 12.9. The number of hydrogen-bond acceptors (Lipinski definition) is 4. The second kappa shape index (κ2) is 8.38. The molecule has 138 valence electrons. The van der Waals surface area contributed by atoms with E-state index in [4.69, 9.17) is 9.47 Å². The Balaban J connectivity index is 2.33. The Morgan fingerprint density at radius 2 is 1.58 bits per heavy atom. The van der Waals surface area contributed by atoms with E-state index in [0.29, 0.717) is 17.1 Å². The molecule has 2 rings (SSSR count). The highest BCUT2D eigenvalue weighted by Crippen LogP contribution is 2.24. The standard InChI is InChI=1S/C20H23NO5/c1-13-5-6-16(7-14(13)2)20(24)21(12-19(22)23)11-15-8-17(25-3)10-18(9-15)26-4/h5-10H,11-12H2,1-4H3,(H,22,23). The Labute approximate surface area is 153 Å². The fourth-order valence-corrected chi connectivity index (χ4v) is 2.60. The molecular weight excluding hydrogens is 334 g/mol. The van der Waals surface area contributed by atoms with E-state index in [0.717, 1.165) is 16.7 Å². The van der Waals surface area contributed by atoms with Crippen LogP contribution in [-0.2, 0) is 11.3 Å². The van der Waals surface area contributed by atoms with Crippen molar-refractivity contribution < 1.29 is 24.2 Å². The number of ether oxygens (including phenoxy) is 2. The number of amides is 1. The second-order valence-electron chi connectivity index (χ2n) is 6.07. The molecule has 6 heteroatoms. The molecule has 0 radical (unpaired) electrons. The number of hydrogen-bond donors (Lipinski definition) is 1. The molecule has 2 aromatic rings. The zero-order valence-electron chi connectivity index (χ0n) is 15.4. The first-order chi connectivity index (χ1) is 12.3. The lowest BCUT2D eigenvalue weighted by Gasteiger charge is -2.22. The Hall–Kier alpha value is -3.02. The number of nitrogens with zero attached hydrogens (tertiary/aromatic N) is 1. The number of carbonyl (C=O) groups is 2. The van der Waals surface area contributed by atoms with E-state index in [1.807, 2.05) is 19.9 Å². The summed E-state index contributed by atoms with van der Waals surface area (Å²) in [6.45, 7) is 3.61. The molecule has 0 aliphatic carbocycles. The number of benzene rings is 2. The van der Waals surface area contributed by atoms with Crippen molar-refractivity contribution in [1.82, 2.24) is 4.90 Å². The van der Waals surface area contributed by atoms with Crippen LogP contribution in [0.5, 0.6) is 11.5 Å². The lowest BCUT2D eigenvalue weighted by molar-refractivity contribution is -0.137. The normalized spacial score (nSPS) is 10.3. The van der Waals surface area contributed by atoms with Crippen molar-refractivity contribution in [2.45, 2.75) is 20.4 Å². The Bertz CT molecular complexity index is 794. The van der Waals surface area contributed by atoms with Gasteiger partial charge in [0.25, 0.3) is 5.91 Å². The van der Waals surface area contributed by atoms with Crippen LogP contribution in [0.4, 0.5) is 0 Å². The monoisotopic (exact) mass is 357 g/mol. The predicted molar refractivity (Wildman–Crippen MR) is 97.8 cm³/mol. The molecule has 0 aromatic heterocycles. The zero-order valence-corrected chi connectivity index (χ0v) is 15.4. The minimum absolute atomic E-state index is 0.131. The van der Waals surface area contributed by atoms with E-state index in [-0.39, 0.29) is 12.5 Å². The maximum Gasteiger partial charge on any atom is 0.323 e. The molecule has 2 aromatic carbocycles. The van der Waals surface area contributed by atoms with E-state index in [1.165, 1.54) is 19.1 Å². The zero-order chi connectivity index (χ0) is 19.3. The average molecular weight is 357 g/mol. The van der Waals surface area contributed by atoms with Gasteiger partial charge in [-0.05, 0) is 54.8 Å². The fraction of sp³-hybridized carbons (Fsp3) is 0.300. The Morgan fingerprint density at radius 3 is 2.08 bits per heavy atom. The summed E-state index contributed by atoms with van der Waals surface area (Å²) in [6, 6.07) is 10.6. The number of rotatable bonds is 7. The van der Waals surface area contributed by atoms with Crippen molar-refractivity contribution in [1.29, 1.82) is 0 Å². The first-order valence-electron chi connectivity index (χ1n) is 8.14. The summed E-state index contributed by atoms with van der Waals surface area (Å²) >= 11 is 0. The van der Waals surface area contributed by atoms with Crippen LogP contribution in [-0.4, -0.2) is 42.6 Å². The number of carbonyl (C=O) groups excluding carboxylic acids is 1. The van der Waals surface area contributed by atoms with Gasteiger partial charge in [0.05, 0.1) is 14.2 Å². The van der Waals surface area contributed by atoms with Gasteiger partial charge in [-0.3, -0.25) is 9.59 Å². The van der Waals surface area contributed by atoms with Gasteiger partial charge in [0.15, 0.2) is 0 Å². The highest BCUT2D eigenvalue weighted by molar-refractivity contribution is 5.96. The topological polar surface area (TPSA) is 76.1 Å². The van der Waals surface area contributed by atoms with Gasteiger partial charge in [0.1, 0.15) is 18.0 Å².